The van der Waals surface area contributed by atoms with Gasteiger partial charge < -0.3 is 14.4 Å². The number of phenolic OH excluding ortho intramolecular Hbond substituents is 1. The van der Waals surface area contributed by atoms with Crippen LogP contribution in [0.5, 0.6) is 11.5 Å². The maximum Gasteiger partial charge on any atom is 0.264 e. The van der Waals surface area contributed by atoms with Crippen LogP contribution in [0.25, 0.3) is 0 Å². The van der Waals surface area contributed by atoms with E-state index in [0.29, 0.717) is 17.5 Å². The van der Waals surface area contributed by atoms with Gasteiger partial charge in [0.25, 0.3) is 5.89 Å². The van der Waals surface area contributed by atoms with Gasteiger partial charge in [-0.25, -0.2) is 0 Å². The summed E-state index contributed by atoms with van der Waals surface area (Å²) in [7, 11) is 0. The Morgan fingerprint density at radius 1 is 1.41 bits per heavy atom. The molecule has 0 aliphatic heterocycles. The van der Waals surface area contributed by atoms with E-state index in [1.54, 1.807) is 18.2 Å². The molecule has 0 saturated carbocycles. The van der Waals surface area contributed by atoms with Gasteiger partial charge in [-0.2, -0.15) is 4.98 Å². The molecule has 1 aromatic carbocycles. The molecule has 5 nitrogen and oxygen atoms in total. The Labute approximate surface area is 99.0 Å². The zero-order valence-corrected chi connectivity index (χ0v) is 9.75. The molecule has 17 heavy (non-hydrogen) atoms. The molecule has 0 atom stereocenters. The molecule has 0 amide bonds. The zero-order valence-electron chi connectivity index (χ0n) is 9.75. The van der Waals surface area contributed by atoms with Gasteiger partial charge in [-0.3, -0.25) is 0 Å². The molecule has 0 fully saturated rings. The van der Waals surface area contributed by atoms with Gasteiger partial charge in [0.05, 0.1) is 0 Å². The van der Waals surface area contributed by atoms with Gasteiger partial charge in [-0.1, -0.05) is 25.1 Å². The van der Waals surface area contributed by atoms with Crippen molar-refractivity contribution in [3.63, 3.8) is 0 Å². The quantitative estimate of drug-likeness (QED) is 0.880. The molecule has 0 saturated heterocycles. The van der Waals surface area contributed by atoms with Gasteiger partial charge in [0.2, 0.25) is 0 Å². The largest absolute Gasteiger partial charge is 0.508 e. The number of hydrogen-bond donors (Lipinski definition) is 1. The summed E-state index contributed by atoms with van der Waals surface area (Å²) in [5.74, 6) is 2.05. The first-order valence-electron chi connectivity index (χ1n) is 5.39. The lowest BCUT2D eigenvalue weighted by Crippen LogP contribution is -1.96. The third kappa shape index (κ3) is 2.96. The molecule has 0 aliphatic carbocycles. The molecule has 0 radical (unpaired) electrons. The number of ether oxygens (including phenoxy) is 1. The maximum atomic E-state index is 9.26. The van der Waals surface area contributed by atoms with Crippen LogP contribution < -0.4 is 4.74 Å². The fraction of sp³-hybridized carbons (Fsp3) is 0.333. The van der Waals surface area contributed by atoms with Crippen LogP contribution in [-0.4, -0.2) is 15.2 Å². The van der Waals surface area contributed by atoms with Crippen molar-refractivity contribution in [1.29, 1.82) is 0 Å². The SMILES string of the molecule is CC(C)c1noc(COc2cccc(O)c2)n1. The highest BCUT2D eigenvalue weighted by atomic mass is 16.5. The monoisotopic (exact) mass is 234 g/mol. The number of rotatable bonds is 4. The molecule has 0 aliphatic rings. The molecule has 5 heteroatoms. The van der Waals surface area contributed by atoms with Gasteiger partial charge in [0.15, 0.2) is 12.4 Å². The second kappa shape index (κ2) is 4.86. The van der Waals surface area contributed by atoms with Crippen molar-refractivity contribution in [3.8, 4) is 11.5 Å². The molecule has 1 aromatic heterocycles. The molecular weight excluding hydrogens is 220 g/mol. The normalized spacial score (nSPS) is 10.8. The number of aromatic nitrogens is 2. The molecule has 1 N–H and O–H groups in total. The minimum atomic E-state index is 0.163. The topological polar surface area (TPSA) is 68.4 Å². The second-order valence-electron chi connectivity index (χ2n) is 3.99. The van der Waals surface area contributed by atoms with Crippen LogP contribution in [0.3, 0.4) is 0 Å². The van der Waals surface area contributed by atoms with Crippen LogP contribution in [-0.2, 0) is 6.61 Å². The molecule has 90 valence electrons. The fourth-order valence-electron chi connectivity index (χ4n) is 1.28. The van der Waals surface area contributed by atoms with Crippen molar-refractivity contribution in [2.24, 2.45) is 0 Å². The first-order chi connectivity index (χ1) is 8.15. The van der Waals surface area contributed by atoms with E-state index in [9.17, 15) is 5.11 Å². The van der Waals surface area contributed by atoms with E-state index in [1.165, 1.54) is 6.07 Å². The fourth-order valence-corrected chi connectivity index (χ4v) is 1.28. The summed E-state index contributed by atoms with van der Waals surface area (Å²) in [5, 5.41) is 13.1. The van der Waals surface area contributed by atoms with Gasteiger partial charge in [0.1, 0.15) is 11.5 Å². The zero-order chi connectivity index (χ0) is 12.3. The Kier molecular flexibility index (Phi) is 3.27. The van der Waals surface area contributed by atoms with Gasteiger partial charge in [-0.05, 0) is 12.1 Å². The Bertz CT molecular complexity index is 494. The maximum absolute atomic E-state index is 9.26. The van der Waals surface area contributed by atoms with Gasteiger partial charge >= 0.3 is 0 Å². The average molecular weight is 234 g/mol. The highest BCUT2D eigenvalue weighted by molar-refractivity contribution is 5.31. The van der Waals surface area contributed by atoms with E-state index in [-0.39, 0.29) is 18.3 Å². The summed E-state index contributed by atoms with van der Waals surface area (Å²) in [4.78, 5) is 4.18. The van der Waals surface area contributed by atoms with E-state index in [2.05, 4.69) is 10.1 Å². The van der Waals surface area contributed by atoms with Crippen molar-refractivity contribution in [2.45, 2.75) is 26.4 Å². The minimum absolute atomic E-state index is 0.163. The third-order valence-electron chi connectivity index (χ3n) is 2.18. The van der Waals surface area contributed by atoms with E-state index >= 15 is 0 Å². The Morgan fingerprint density at radius 2 is 2.24 bits per heavy atom. The summed E-state index contributed by atoms with van der Waals surface area (Å²) >= 11 is 0. The number of benzene rings is 1. The molecule has 0 bridgehead atoms. The predicted octanol–water partition coefficient (Wildman–Crippen LogP) is 2.48. The molecule has 2 aromatic rings. The van der Waals surface area contributed by atoms with E-state index in [0.717, 1.165) is 0 Å². The van der Waals surface area contributed by atoms with Crippen molar-refractivity contribution >= 4 is 0 Å². The highest BCUT2D eigenvalue weighted by Gasteiger charge is 2.09. The second-order valence-corrected chi connectivity index (χ2v) is 3.99. The third-order valence-corrected chi connectivity index (χ3v) is 2.18. The Hall–Kier alpha value is -2.04. The lowest BCUT2D eigenvalue weighted by atomic mass is 10.2. The first-order valence-corrected chi connectivity index (χ1v) is 5.39. The summed E-state index contributed by atoms with van der Waals surface area (Å²) in [5.41, 5.74) is 0. The van der Waals surface area contributed by atoms with Crippen LogP contribution in [0.1, 0.15) is 31.5 Å². The number of phenols is 1. The van der Waals surface area contributed by atoms with Crippen LogP contribution in [0.2, 0.25) is 0 Å². The number of nitrogens with zero attached hydrogens (tertiary/aromatic N) is 2. The van der Waals surface area contributed by atoms with Gasteiger partial charge in [-0.15, -0.1) is 0 Å². The molecule has 0 spiro atoms. The number of aromatic hydroxyl groups is 1. The predicted molar refractivity (Wildman–Crippen MR) is 60.8 cm³/mol. The molecule has 1 heterocycles. The van der Waals surface area contributed by atoms with Crippen molar-refractivity contribution in [2.75, 3.05) is 0 Å². The van der Waals surface area contributed by atoms with E-state index < -0.39 is 0 Å². The summed E-state index contributed by atoms with van der Waals surface area (Å²) in [6.45, 7) is 4.18. The van der Waals surface area contributed by atoms with Crippen LogP contribution in [0.4, 0.5) is 0 Å². The standard InChI is InChI=1S/C12H14N2O3/c1-8(2)12-13-11(17-14-12)7-16-10-5-3-4-9(15)6-10/h3-6,8,15H,7H2,1-2H3. The smallest absolute Gasteiger partial charge is 0.264 e. The molecular formula is C12H14N2O3. The minimum Gasteiger partial charge on any atom is -0.508 e. The molecule has 2 rings (SSSR count). The van der Waals surface area contributed by atoms with Crippen molar-refractivity contribution < 1.29 is 14.4 Å². The number of hydrogen-bond acceptors (Lipinski definition) is 5. The summed E-state index contributed by atoms with van der Waals surface area (Å²) in [6.07, 6.45) is 0. The van der Waals surface area contributed by atoms with E-state index in [1.807, 2.05) is 13.8 Å². The van der Waals surface area contributed by atoms with Crippen LogP contribution >= 0.6 is 0 Å². The van der Waals surface area contributed by atoms with E-state index in [4.69, 9.17) is 9.26 Å². The highest BCUT2D eigenvalue weighted by Crippen LogP contribution is 2.19. The average Bonchev–Trinajstić information content (AvgIpc) is 2.75. The summed E-state index contributed by atoms with van der Waals surface area (Å²) in [6, 6.07) is 6.56. The van der Waals surface area contributed by atoms with Gasteiger partial charge in [0, 0.05) is 12.0 Å². The summed E-state index contributed by atoms with van der Waals surface area (Å²) < 4.78 is 10.4. The Balaban J connectivity index is 1.97. The first kappa shape index (κ1) is 11.4. The van der Waals surface area contributed by atoms with Crippen molar-refractivity contribution in [3.05, 3.63) is 36.0 Å². The van der Waals surface area contributed by atoms with Crippen molar-refractivity contribution in [1.82, 2.24) is 10.1 Å². The molecule has 0 unspecified atom stereocenters. The Morgan fingerprint density at radius 3 is 2.88 bits per heavy atom. The lowest BCUT2D eigenvalue weighted by molar-refractivity contribution is 0.241. The lowest BCUT2D eigenvalue weighted by Gasteiger charge is -2.02. The van der Waals surface area contributed by atoms with Crippen LogP contribution in [0.15, 0.2) is 28.8 Å². The van der Waals surface area contributed by atoms with Crippen LogP contribution in [0, 0.1) is 0 Å².